The topological polar surface area (TPSA) is 12.5 Å². The quantitative estimate of drug-likeness (QED) is 0.673. The summed E-state index contributed by atoms with van der Waals surface area (Å²) in [6.07, 6.45) is 5.79. The molecule has 2 nitrogen and oxygen atoms in total. The number of hydrogen-bond donors (Lipinski definition) is 0. The van der Waals surface area contributed by atoms with Crippen LogP contribution in [-0.2, 0) is 11.3 Å². The molecule has 1 aromatic carbocycles. The summed E-state index contributed by atoms with van der Waals surface area (Å²) in [5, 5.41) is 0. The van der Waals surface area contributed by atoms with E-state index in [0.29, 0.717) is 17.9 Å². The van der Waals surface area contributed by atoms with Gasteiger partial charge in [-0.05, 0) is 56.1 Å². The average molecular weight is 313 g/mol. The Hall–Kier alpha value is -0.860. The molecule has 1 aromatic rings. The second-order valence-corrected chi connectivity index (χ2v) is 8.77. The molecule has 2 heteroatoms. The zero-order chi connectivity index (χ0) is 16.2. The molecular weight excluding hydrogens is 282 g/mol. The summed E-state index contributed by atoms with van der Waals surface area (Å²) in [6.45, 7) is 10.7. The van der Waals surface area contributed by atoms with Gasteiger partial charge in [-0.15, -0.1) is 0 Å². The number of nitrogens with zero attached hydrogens (tertiary/aromatic N) is 1. The first kappa shape index (κ1) is 15.7. The van der Waals surface area contributed by atoms with E-state index in [2.05, 4.69) is 56.9 Å². The molecule has 1 saturated heterocycles. The molecule has 0 N–H and O–H groups in total. The van der Waals surface area contributed by atoms with Crippen molar-refractivity contribution in [2.24, 2.45) is 11.8 Å². The monoisotopic (exact) mass is 313 g/mol. The summed E-state index contributed by atoms with van der Waals surface area (Å²) in [4.78, 5) is 2.67. The van der Waals surface area contributed by atoms with Crippen LogP contribution in [0.4, 0.5) is 0 Å². The normalized spacial score (nSPS) is 39.7. The summed E-state index contributed by atoms with van der Waals surface area (Å²) < 4.78 is 6.71. The van der Waals surface area contributed by atoms with Crippen LogP contribution in [0.3, 0.4) is 0 Å². The number of ether oxygens (including phenoxy) is 1. The highest BCUT2D eigenvalue weighted by Crippen LogP contribution is 2.48. The number of rotatable bonds is 0. The van der Waals surface area contributed by atoms with Crippen molar-refractivity contribution in [2.45, 2.75) is 83.7 Å². The third kappa shape index (κ3) is 2.55. The van der Waals surface area contributed by atoms with Crippen LogP contribution in [-0.4, -0.2) is 22.8 Å². The van der Waals surface area contributed by atoms with Crippen molar-refractivity contribution < 1.29 is 4.74 Å². The van der Waals surface area contributed by atoms with Gasteiger partial charge in [0.1, 0.15) is 6.23 Å². The van der Waals surface area contributed by atoms with E-state index >= 15 is 0 Å². The molecule has 2 fully saturated rings. The van der Waals surface area contributed by atoms with E-state index < -0.39 is 0 Å². The molecule has 0 aromatic heterocycles. The van der Waals surface area contributed by atoms with Gasteiger partial charge in [0, 0.05) is 18.0 Å². The van der Waals surface area contributed by atoms with Crippen molar-refractivity contribution in [3.8, 4) is 0 Å². The molecule has 126 valence electrons. The molecule has 0 amide bonds. The maximum atomic E-state index is 6.71. The summed E-state index contributed by atoms with van der Waals surface area (Å²) >= 11 is 0. The fourth-order valence-corrected chi connectivity index (χ4v) is 5.41. The molecule has 0 bridgehead atoms. The summed E-state index contributed by atoms with van der Waals surface area (Å²) in [5.41, 5.74) is 3.25. The fraction of sp³-hybridized carbons (Fsp3) is 0.714. The van der Waals surface area contributed by atoms with Gasteiger partial charge >= 0.3 is 0 Å². The smallest absolute Gasteiger partial charge is 0.112 e. The number of benzene rings is 1. The maximum Gasteiger partial charge on any atom is 0.112 e. The van der Waals surface area contributed by atoms with E-state index in [1.54, 1.807) is 0 Å². The zero-order valence-electron chi connectivity index (χ0n) is 15.1. The van der Waals surface area contributed by atoms with E-state index in [0.717, 1.165) is 18.9 Å². The molecule has 5 atom stereocenters. The summed E-state index contributed by atoms with van der Waals surface area (Å²) in [7, 11) is 0. The lowest BCUT2D eigenvalue weighted by Crippen LogP contribution is -2.63. The van der Waals surface area contributed by atoms with Crippen LogP contribution in [0.2, 0.25) is 0 Å². The molecule has 1 unspecified atom stereocenters. The Morgan fingerprint density at radius 1 is 1.09 bits per heavy atom. The molecular formula is C21H31NO. The van der Waals surface area contributed by atoms with Gasteiger partial charge in [0.05, 0.1) is 6.10 Å². The zero-order valence-corrected chi connectivity index (χ0v) is 15.1. The fourth-order valence-electron chi connectivity index (χ4n) is 5.41. The Labute approximate surface area is 141 Å². The van der Waals surface area contributed by atoms with Gasteiger partial charge in [0.2, 0.25) is 0 Å². The van der Waals surface area contributed by atoms with Crippen LogP contribution in [0.5, 0.6) is 0 Å². The number of fused-ring (bicyclic) bond motifs is 3. The molecule has 4 rings (SSSR count). The lowest BCUT2D eigenvalue weighted by atomic mass is 9.69. The second kappa shape index (κ2) is 5.60. The highest BCUT2D eigenvalue weighted by Gasteiger charge is 2.51. The van der Waals surface area contributed by atoms with Crippen molar-refractivity contribution in [3.63, 3.8) is 0 Å². The van der Waals surface area contributed by atoms with E-state index in [4.69, 9.17) is 4.74 Å². The van der Waals surface area contributed by atoms with Crippen LogP contribution in [0.15, 0.2) is 24.3 Å². The molecule has 0 spiro atoms. The predicted molar refractivity (Wildman–Crippen MR) is 94.3 cm³/mol. The van der Waals surface area contributed by atoms with E-state index in [-0.39, 0.29) is 11.8 Å². The van der Waals surface area contributed by atoms with E-state index in [1.165, 1.54) is 30.4 Å². The first-order valence-corrected chi connectivity index (χ1v) is 9.47. The molecule has 3 aliphatic rings. The minimum atomic E-state index is 0.227. The highest BCUT2D eigenvalue weighted by molar-refractivity contribution is 5.31. The molecule has 1 saturated carbocycles. The maximum absolute atomic E-state index is 6.71. The molecule has 2 heterocycles. The lowest BCUT2D eigenvalue weighted by Gasteiger charge is -2.57. The number of hydrogen-bond acceptors (Lipinski definition) is 2. The Bertz CT molecular complexity index is 581. The van der Waals surface area contributed by atoms with Crippen molar-refractivity contribution in [1.82, 2.24) is 4.90 Å². The first-order valence-electron chi connectivity index (χ1n) is 9.47. The van der Waals surface area contributed by atoms with Gasteiger partial charge in [-0.25, -0.2) is 0 Å². The highest BCUT2D eigenvalue weighted by atomic mass is 16.5. The van der Waals surface area contributed by atoms with Gasteiger partial charge in [-0.2, -0.15) is 0 Å². The van der Waals surface area contributed by atoms with Gasteiger partial charge in [0.15, 0.2) is 0 Å². The van der Waals surface area contributed by atoms with E-state index in [1.807, 2.05) is 0 Å². The third-order valence-electron chi connectivity index (χ3n) is 6.86. The van der Waals surface area contributed by atoms with Crippen LogP contribution >= 0.6 is 0 Å². The van der Waals surface area contributed by atoms with E-state index in [9.17, 15) is 0 Å². The van der Waals surface area contributed by atoms with Crippen molar-refractivity contribution in [3.05, 3.63) is 35.4 Å². The van der Waals surface area contributed by atoms with Gasteiger partial charge < -0.3 is 4.74 Å². The van der Waals surface area contributed by atoms with Crippen molar-refractivity contribution in [1.29, 1.82) is 0 Å². The minimum absolute atomic E-state index is 0.227. The Morgan fingerprint density at radius 3 is 2.70 bits per heavy atom. The molecule has 0 radical (unpaired) electrons. The second-order valence-electron chi connectivity index (χ2n) is 8.77. The van der Waals surface area contributed by atoms with Gasteiger partial charge in [-0.1, -0.05) is 44.5 Å². The molecule has 23 heavy (non-hydrogen) atoms. The van der Waals surface area contributed by atoms with Crippen molar-refractivity contribution >= 4 is 0 Å². The molecule has 1 aliphatic carbocycles. The summed E-state index contributed by atoms with van der Waals surface area (Å²) in [5.74, 6) is 2.07. The van der Waals surface area contributed by atoms with Crippen LogP contribution < -0.4 is 0 Å². The average Bonchev–Trinajstić information content (AvgIpc) is 2.64. The van der Waals surface area contributed by atoms with Crippen LogP contribution in [0.25, 0.3) is 0 Å². The van der Waals surface area contributed by atoms with Crippen LogP contribution in [0, 0.1) is 11.8 Å². The lowest BCUT2D eigenvalue weighted by molar-refractivity contribution is -0.238. The Kier molecular flexibility index (Phi) is 3.81. The summed E-state index contributed by atoms with van der Waals surface area (Å²) in [6, 6.07) is 9.02. The van der Waals surface area contributed by atoms with Crippen LogP contribution in [0.1, 0.15) is 70.4 Å². The SMILES string of the molecule is C[C@@H]1CC[C@@H]2[C@@H](C1)OC1C[C@@H](C)c3ccccc3CN1C2(C)C. The predicted octanol–water partition coefficient (Wildman–Crippen LogP) is 4.94. The minimum Gasteiger partial charge on any atom is -0.359 e. The largest absolute Gasteiger partial charge is 0.359 e. The van der Waals surface area contributed by atoms with Crippen molar-refractivity contribution in [2.75, 3.05) is 0 Å². The third-order valence-corrected chi connectivity index (χ3v) is 6.86. The standard InChI is InChI=1S/C21H31NO/c1-14-9-10-18-19(11-14)23-20-12-15(2)17-8-6-5-7-16(17)13-22(20)21(18,3)4/h5-8,14-15,18-20H,9-13H2,1-4H3/t14-,15-,18-,19-,20?/m1/s1. The Morgan fingerprint density at radius 2 is 1.87 bits per heavy atom. The Balaban J connectivity index is 1.69. The molecule has 2 aliphatic heterocycles. The van der Waals surface area contributed by atoms with Gasteiger partial charge in [-0.3, -0.25) is 4.90 Å². The first-order chi connectivity index (χ1) is 11.0. The van der Waals surface area contributed by atoms with Gasteiger partial charge in [0.25, 0.3) is 0 Å².